The normalized spacial score (nSPS) is 10.6. The van der Waals surface area contributed by atoms with Crippen LogP contribution in [0.25, 0.3) is 5.69 Å². The highest BCUT2D eigenvalue weighted by Gasteiger charge is 2.10. The van der Waals surface area contributed by atoms with Crippen molar-refractivity contribution in [3.63, 3.8) is 0 Å². The largest absolute Gasteiger partial charge is 0.325 e. The molecule has 0 atom stereocenters. The second kappa shape index (κ2) is 8.09. The lowest BCUT2D eigenvalue weighted by atomic mass is 10.3. The number of amides is 1. The van der Waals surface area contributed by atoms with Crippen LogP contribution in [-0.4, -0.2) is 21.4 Å². The maximum absolute atomic E-state index is 13.0. The fourth-order valence-corrected chi connectivity index (χ4v) is 4.31. The third kappa shape index (κ3) is 4.88. The second-order valence-corrected chi connectivity index (χ2v) is 8.15. The maximum Gasteiger partial charge on any atom is 0.234 e. The lowest BCUT2D eigenvalue weighted by Crippen LogP contribution is -2.13. The summed E-state index contributed by atoms with van der Waals surface area (Å²) in [5.41, 5.74) is 1.32. The highest BCUT2D eigenvalue weighted by Crippen LogP contribution is 2.24. The summed E-state index contributed by atoms with van der Waals surface area (Å²) in [6.07, 6.45) is 0. The van der Waals surface area contributed by atoms with Gasteiger partial charge in [-0.2, -0.15) is 0 Å². The van der Waals surface area contributed by atoms with Crippen LogP contribution in [0, 0.1) is 9.77 Å². The second-order valence-electron chi connectivity index (χ2n) is 4.87. The van der Waals surface area contributed by atoms with Gasteiger partial charge in [0.05, 0.1) is 11.4 Å². The molecule has 1 N–H and O–H groups in total. The number of carbonyl (C=O) groups excluding carboxylic acids is 1. The fraction of sp³-hybridized carbons (Fsp3) is 0.0625. The van der Waals surface area contributed by atoms with Gasteiger partial charge in [-0.05, 0) is 54.7 Å². The van der Waals surface area contributed by atoms with Crippen LogP contribution in [0.15, 0.2) is 52.9 Å². The van der Waals surface area contributed by atoms with Crippen LogP contribution in [0.2, 0.25) is 5.02 Å². The molecule has 0 aliphatic rings. The topological polar surface area (TPSA) is 46.9 Å². The molecule has 1 amide bonds. The van der Waals surface area contributed by atoms with Gasteiger partial charge in [-0.15, -0.1) is 5.10 Å². The first kappa shape index (κ1) is 18.1. The Morgan fingerprint density at radius 3 is 2.80 bits per heavy atom. The van der Waals surface area contributed by atoms with E-state index >= 15 is 0 Å². The van der Waals surface area contributed by atoms with E-state index in [1.54, 1.807) is 41.1 Å². The quantitative estimate of drug-likeness (QED) is 0.463. The third-order valence-corrected chi connectivity index (χ3v) is 5.64. The van der Waals surface area contributed by atoms with Crippen molar-refractivity contribution < 1.29 is 9.18 Å². The average Bonchev–Trinajstić information content (AvgIpc) is 2.95. The lowest BCUT2D eigenvalue weighted by Gasteiger charge is -2.04. The zero-order valence-corrected chi connectivity index (χ0v) is 15.8. The van der Waals surface area contributed by atoms with Crippen molar-refractivity contribution in [1.82, 2.24) is 9.78 Å². The highest BCUT2D eigenvalue weighted by molar-refractivity contribution is 8.01. The number of aromatic nitrogens is 2. The van der Waals surface area contributed by atoms with E-state index < -0.39 is 0 Å². The molecule has 0 aliphatic heterocycles. The average molecular weight is 412 g/mol. The van der Waals surface area contributed by atoms with E-state index in [0.29, 0.717) is 24.7 Å². The molecule has 1 heterocycles. The van der Waals surface area contributed by atoms with Crippen molar-refractivity contribution in [2.45, 2.75) is 4.34 Å². The molecule has 0 radical (unpaired) electrons. The fourth-order valence-electron chi connectivity index (χ4n) is 1.96. The van der Waals surface area contributed by atoms with Crippen molar-refractivity contribution in [3.8, 4) is 5.69 Å². The number of carbonyl (C=O) groups is 1. The minimum Gasteiger partial charge on any atom is -0.325 e. The van der Waals surface area contributed by atoms with Crippen LogP contribution >= 0.6 is 46.9 Å². The van der Waals surface area contributed by atoms with Gasteiger partial charge in [0, 0.05) is 10.7 Å². The van der Waals surface area contributed by atoms with E-state index in [4.69, 9.17) is 23.8 Å². The molecule has 0 saturated carbocycles. The number of rotatable bonds is 5. The SMILES string of the molecule is O=C(CSc1nn(-c2ccc(F)cc2)c(=S)s1)Nc1cccc(Cl)c1. The van der Waals surface area contributed by atoms with Crippen LogP contribution in [-0.2, 0) is 4.79 Å². The monoisotopic (exact) mass is 411 g/mol. The van der Waals surface area contributed by atoms with Gasteiger partial charge in [-0.25, -0.2) is 9.07 Å². The molecule has 4 nitrogen and oxygen atoms in total. The molecule has 0 saturated heterocycles. The number of hydrogen-bond acceptors (Lipinski definition) is 5. The van der Waals surface area contributed by atoms with Crippen molar-refractivity contribution in [2.24, 2.45) is 0 Å². The Balaban J connectivity index is 1.64. The van der Waals surface area contributed by atoms with Crippen molar-refractivity contribution >= 4 is 58.5 Å². The molecule has 0 aliphatic carbocycles. The molecule has 0 spiro atoms. The van der Waals surface area contributed by atoms with Gasteiger partial charge in [0.15, 0.2) is 8.29 Å². The maximum atomic E-state index is 13.0. The van der Waals surface area contributed by atoms with Crippen LogP contribution in [0.4, 0.5) is 10.1 Å². The molecule has 0 bridgehead atoms. The summed E-state index contributed by atoms with van der Waals surface area (Å²) in [5, 5.41) is 7.70. The number of thioether (sulfide) groups is 1. The number of benzene rings is 2. The minimum absolute atomic E-state index is 0.165. The van der Waals surface area contributed by atoms with Crippen LogP contribution in [0.3, 0.4) is 0 Å². The Labute approximate surface area is 161 Å². The number of hydrogen-bond donors (Lipinski definition) is 1. The minimum atomic E-state index is -0.321. The Kier molecular flexibility index (Phi) is 5.85. The first-order valence-electron chi connectivity index (χ1n) is 7.05. The predicted octanol–water partition coefficient (Wildman–Crippen LogP) is 5.19. The molecule has 128 valence electrons. The van der Waals surface area contributed by atoms with E-state index in [1.165, 1.54) is 35.2 Å². The molecule has 2 aromatic carbocycles. The van der Waals surface area contributed by atoms with Crippen molar-refractivity contribution in [1.29, 1.82) is 0 Å². The standard InChI is InChI=1S/C16H11ClFN3OS3/c17-10-2-1-3-12(8-10)19-14(22)9-24-15-20-21(16(23)25-15)13-6-4-11(18)5-7-13/h1-8H,9H2,(H,19,22). The van der Waals surface area contributed by atoms with E-state index in [1.807, 2.05) is 0 Å². The van der Waals surface area contributed by atoms with Crippen molar-refractivity contribution in [3.05, 3.63) is 63.3 Å². The van der Waals surface area contributed by atoms with E-state index in [0.717, 1.165) is 0 Å². The van der Waals surface area contributed by atoms with Gasteiger partial charge in [0.25, 0.3) is 0 Å². The van der Waals surface area contributed by atoms with Gasteiger partial charge >= 0.3 is 0 Å². The summed E-state index contributed by atoms with van der Waals surface area (Å²) in [5.74, 6) is -0.294. The Bertz CT molecular complexity index is 956. The first-order valence-corrected chi connectivity index (χ1v) is 9.64. The van der Waals surface area contributed by atoms with Crippen molar-refractivity contribution in [2.75, 3.05) is 11.1 Å². The number of nitrogens with zero attached hydrogens (tertiary/aromatic N) is 2. The van der Waals surface area contributed by atoms with E-state index in [-0.39, 0.29) is 17.5 Å². The van der Waals surface area contributed by atoms with Crippen LogP contribution < -0.4 is 5.32 Å². The van der Waals surface area contributed by atoms with Gasteiger partial charge < -0.3 is 5.32 Å². The van der Waals surface area contributed by atoms with Crippen LogP contribution in [0.1, 0.15) is 0 Å². The smallest absolute Gasteiger partial charge is 0.234 e. The Morgan fingerprint density at radius 2 is 2.08 bits per heavy atom. The summed E-state index contributed by atoms with van der Waals surface area (Å²) in [4.78, 5) is 12.0. The predicted molar refractivity (Wildman–Crippen MR) is 103 cm³/mol. The highest BCUT2D eigenvalue weighted by atomic mass is 35.5. The summed E-state index contributed by atoms with van der Waals surface area (Å²) < 4.78 is 15.8. The zero-order valence-electron chi connectivity index (χ0n) is 12.6. The van der Waals surface area contributed by atoms with Gasteiger partial charge in [0.2, 0.25) is 5.91 Å². The molecule has 9 heteroatoms. The van der Waals surface area contributed by atoms with E-state index in [2.05, 4.69) is 10.4 Å². The third-order valence-electron chi connectivity index (χ3n) is 3.04. The summed E-state index contributed by atoms with van der Waals surface area (Å²) in [6.45, 7) is 0. The number of halogens is 2. The Hall–Kier alpha value is -1.74. The number of anilines is 1. The molecule has 3 rings (SSSR count). The molecule has 3 aromatic rings. The Morgan fingerprint density at radius 1 is 1.32 bits per heavy atom. The molecule has 25 heavy (non-hydrogen) atoms. The molecule has 0 fully saturated rings. The molecule has 1 aromatic heterocycles. The summed E-state index contributed by atoms with van der Waals surface area (Å²) in [7, 11) is 0. The van der Waals surface area contributed by atoms with Gasteiger partial charge in [-0.3, -0.25) is 4.79 Å². The first-order chi connectivity index (χ1) is 12.0. The lowest BCUT2D eigenvalue weighted by molar-refractivity contribution is -0.113. The summed E-state index contributed by atoms with van der Waals surface area (Å²) in [6, 6.07) is 12.8. The molecular weight excluding hydrogens is 401 g/mol. The zero-order chi connectivity index (χ0) is 17.8. The van der Waals surface area contributed by atoms with Crippen LogP contribution in [0.5, 0.6) is 0 Å². The number of nitrogens with one attached hydrogen (secondary N) is 1. The molecule has 0 unspecified atom stereocenters. The van der Waals surface area contributed by atoms with Gasteiger partial charge in [0.1, 0.15) is 5.82 Å². The summed E-state index contributed by atoms with van der Waals surface area (Å²) >= 11 is 13.8. The van der Waals surface area contributed by atoms with Gasteiger partial charge in [-0.1, -0.05) is 40.8 Å². The molecular formula is C16H11ClFN3OS3. The van der Waals surface area contributed by atoms with E-state index in [9.17, 15) is 9.18 Å².